The number of amides is 1. The molecule has 1 rings (SSSR count). The van der Waals surface area contributed by atoms with E-state index in [1.54, 1.807) is 0 Å². The SMILES string of the molecule is O=C(/C(=C/S)NI)N1CCNCC1. The Morgan fingerprint density at radius 1 is 1.54 bits per heavy atom. The first-order chi connectivity index (χ1) is 6.29. The highest BCUT2D eigenvalue weighted by atomic mass is 127. The maximum absolute atomic E-state index is 11.7. The van der Waals surface area contributed by atoms with Crippen molar-refractivity contribution in [2.75, 3.05) is 26.2 Å². The zero-order chi connectivity index (χ0) is 9.68. The van der Waals surface area contributed by atoms with E-state index in [0.29, 0.717) is 5.70 Å². The number of hydrogen-bond donors (Lipinski definition) is 3. The third kappa shape index (κ3) is 3.03. The minimum Gasteiger partial charge on any atom is -0.335 e. The summed E-state index contributed by atoms with van der Waals surface area (Å²) in [6.45, 7) is 3.27. The summed E-state index contributed by atoms with van der Waals surface area (Å²) < 4.78 is 2.79. The van der Waals surface area contributed by atoms with Crippen LogP contribution in [0.15, 0.2) is 11.1 Å². The minimum atomic E-state index is 0.0194. The third-order valence-electron chi connectivity index (χ3n) is 1.87. The summed E-state index contributed by atoms with van der Waals surface area (Å²) >= 11 is 5.89. The smallest absolute Gasteiger partial charge is 0.271 e. The molecule has 4 nitrogen and oxygen atoms in total. The van der Waals surface area contributed by atoms with E-state index < -0.39 is 0 Å². The van der Waals surface area contributed by atoms with Crippen molar-refractivity contribution in [3.05, 3.63) is 11.1 Å². The largest absolute Gasteiger partial charge is 0.335 e. The predicted octanol–water partition coefficient (Wildman–Crippen LogP) is 0.129. The first-order valence-electron chi connectivity index (χ1n) is 4.00. The molecule has 13 heavy (non-hydrogen) atoms. The van der Waals surface area contributed by atoms with E-state index in [1.807, 2.05) is 27.8 Å². The van der Waals surface area contributed by atoms with E-state index >= 15 is 0 Å². The van der Waals surface area contributed by atoms with Crippen LogP contribution in [0.1, 0.15) is 0 Å². The molecule has 74 valence electrons. The number of rotatable bonds is 2. The number of hydrogen-bond acceptors (Lipinski definition) is 4. The molecule has 0 unspecified atom stereocenters. The summed E-state index contributed by atoms with van der Waals surface area (Å²) in [5.41, 5.74) is 0.533. The van der Waals surface area contributed by atoms with Gasteiger partial charge < -0.3 is 13.7 Å². The van der Waals surface area contributed by atoms with Crippen molar-refractivity contribution in [3.63, 3.8) is 0 Å². The summed E-state index contributed by atoms with van der Waals surface area (Å²) in [5.74, 6) is 0.0194. The average molecular weight is 313 g/mol. The van der Waals surface area contributed by atoms with Gasteiger partial charge in [-0.15, -0.1) is 12.6 Å². The lowest BCUT2D eigenvalue weighted by molar-refractivity contribution is -0.127. The summed E-state index contributed by atoms with van der Waals surface area (Å²) in [4.78, 5) is 13.5. The molecule has 0 bridgehead atoms. The molecule has 1 aliphatic rings. The second-order valence-corrected chi connectivity index (χ2v) is 3.48. The number of thiol groups is 1. The lowest BCUT2D eigenvalue weighted by atomic mass is 10.3. The molecule has 0 aromatic heterocycles. The van der Waals surface area contributed by atoms with Crippen LogP contribution in [0.25, 0.3) is 0 Å². The van der Waals surface area contributed by atoms with Crippen LogP contribution in [-0.2, 0) is 4.79 Å². The molecule has 1 aliphatic heterocycles. The van der Waals surface area contributed by atoms with Gasteiger partial charge in [0.1, 0.15) is 5.70 Å². The molecule has 1 fully saturated rings. The highest BCUT2D eigenvalue weighted by Gasteiger charge is 2.18. The van der Waals surface area contributed by atoms with Crippen LogP contribution in [0.3, 0.4) is 0 Å². The van der Waals surface area contributed by atoms with E-state index in [2.05, 4.69) is 21.5 Å². The molecule has 0 aliphatic carbocycles. The van der Waals surface area contributed by atoms with Crippen LogP contribution >= 0.6 is 35.5 Å². The Morgan fingerprint density at radius 3 is 2.62 bits per heavy atom. The maximum Gasteiger partial charge on any atom is 0.271 e. The minimum absolute atomic E-state index is 0.0194. The molecule has 1 saturated heterocycles. The summed E-state index contributed by atoms with van der Waals surface area (Å²) in [5, 5.41) is 4.69. The Bertz CT molecular complexity index is 216. The fraction of sp³-hybridized carbons (Fsp3) is 0.571. The molecule has 0 aromatic rings. The Balaban J connectivity index is 2.54. The van der Waals surface area contributed by atoms with Gasteiger partial charge in [-0.3, -0.25) is 4.79 Å². The molecule has 0 atom stereocenters. The van der Waals surface area contributed by atoms with Crippen LogP contribution in [0.4, 0.5) is 0 Å². The van der Waals surface area contributed by atoms with E-state index in [9.17, 15) is 4.79 Å². The van der Waals surface area contributed by atoms with Gasteiger partial charge in [-0.1, -0.05) is 0 Å². The maximum atomic E-state index is 11.7. The van der Waals surface area contributed by atoms with Crippen molar-refractivity contribution < 1.29 is 4.79 Å². The molecule has 0 aromatic carbocycles. The molecule has 0 spiro atoms. The van der Waals surface area contributed by atoms with Gasteiger partial charge in [-0.2, -0.15) is 0 Å². The zero-order valence-corrected chi connectivity index (χ0v) is 10.1. The first-order valence-corrected chi connectivity index (χ1v) is 5.60. The van der Waals surface area contributed by atoms with Gasteiger partial charge in [0, 0.05) is 26.2 Å². The molecule has 0 radical (unpaired) electrons. The monoisotopic (exact) mass is 313 g/mol. The average Bonchev–Trinajstić information content (AvgIpc) is 2.21. The number of carbonyl (C=O) groups is 1. The number of piperazine rings is 1. The third-order valence-corrected chi connectivity index (χ3v) is 2.70. The lowest BCUT2D eigenvalue weighted by Crippen LogP contribution is -2.47. The highest BCUT2D eigenvalue weighted by Crippen LogP contribution is 2.03. The topological polar surface area (TPSA) is 44.4 Å². The van der Waals surface area contributed by atoms with Crippen LogP contribution in [0, 0.1) is 0 Å². The second kappa shape index (κ2) is 5.71. The molecule has 1 heterocycles. The van der Waals surface area contributed by atoms with Gasteiger partial charge in [0.25, 0.3) is 5.91 Å². The van der Waals surface area contributed by atoms with Crippen LogP contribution in [0.2, 0.25) is 0 Å². The normalized spacial score (nSPS) is 18.6. The fourth-order valence-electron chi connectivity index (χ4n) is 1.16. The Kier molecular flexibility index (Phi) is 4.89. The van der Waals surface area contributed by atoms with Crippen molar-refractivity contribution in [1.29, 1.82) is 0 Å². The number of nitrogens with zero attached hydrogens (tertiary/aromatic N) is 1. The lowest BCUT2D eigenvalue weighted by Gasteiger charge is -2.27. The van der Waals surface area contributed by atoms with Gasteiger partial charge in [0.15, 0.2) is 0 Å². The second-order valence-electron chi connectivity index (χ2n) is 2.68. The van der Waals surface area contributed by atoms with Crippen molar-refractivity contribution >= 4 is 41.4 Å². The van der Waals surface area contributed by atoms with Crippen LogP contribution in [0.5, 0.6) is 0 Å². The number of nitrogens with one attached hydrogen (secondary N) is 2. The standard InChI is InChI=1S/C7H12IN3OS/c8-10-6(5-13)7(12)11-3-1-9-2-4-11/h5,9-10,13H,1-4H2/b6-5-. The molecular formula is C7H12IN3OS. The summed E-state index contributed by atoms with van der Waals surface area (Å²) in [6.07, 6.45) is 0. The van der Waals surface area contributed by atoms with Crippen molar-refractivity contribution in [2.45, 2.75) is 0 Å². The number of carbonyl (C=O) groups excluding carboxylic acids is 1. The number of halogens is 1. The Morgan fingerprint density at radius 2 is 2.15 bits per heavy atom. The first kappa shape index (κ1) is 11.1. The van der Waals surface area contributed by atoms with Gasteiger partial charge in [0.05, 0.1) is 22.9 Å². The Hall–Kier alpha value is 0.0500. The highest BCUT2D eigenvalue weighted by molar-refractivity contribution is 14.1. The fourth-order valence-corrected chi connectivity index (χ4v) is 1.97. The summed E-state index contributed by atoms with van der Waals surface area (Å²) in [6, 6.07) is 0. The molecular weight excluding hydrogens is 301 g/mol. The van der Waals surface area contributed by atoms with Crippen LogP contribution < -0.4 is 8.85 Å². The molecule has 2 N–H and O–H groups in total. The van der Waals surface area contributed by atoms with Gasteiger partial charge in [-0.05, 0) is 5.41 Å². The van der Waals surface area contributed by atoms with Crippen LogP contribution in [-0.4, -0.2) is 37.0 Å². The van der Waals surface area contributed by atoms with Gasteiger partial charge >= 0.3 is 0 Å². The quantitative estimate of drug-likeness (QED) is 0.294. The predicted molar refractivity (Wildman–Crippen MR) is 63.7 cm³/mol. The van der Waals surface area contributed by atoms with E-state index in [0.717, 1.165) is 26.2 Å². The summed E-state index contributed by atoms with van der Waals surface area (Å²) in [7, 11) is 0. The van der Waals surface area contributed by atoms with Gasteiger partial charge in [0.2, 0.25) is 0 Å². The van der Waals surface area contributed by atoms with E-state index in [1.165, 1.54) is 5.41 Å². The van der Waals surface area contributed by atoms with Crippen molar-refractivity contribution in [2.24, 2.45) is 0 Å². The molecule has 1 amide bonds. The van der Waals surface area contributed by atoms with E-state index in [-0.39, 0.29) is 5.91 Å². The zero-order valence-electron chi connectivity index (χ0n) is 7.09. The van der Waals surface area contributed by atoms with Crippen molar-refractivity contribution in [1.82, 2.24) is 13.7 Å². The van der Waals surface area contributed by atoms with Crippen molar-refractivity contribution in [3.8, 4) is 0 Å². The van der Waals surface area contributed by atoms with E-state index in [4.69, 9.17) is 0 Å². The van der Waals surface area contributed by atoms with Gasteiger partial charge in [-0.25, -0.2) is 0 Å². The Labute approximate surface area is 97.0 Å². The molecule has 6 heteroatoms. The molecule has 0 saturated carbocycles.